The standard InChI is InChI=1S/C18H20/c1-5-17(16-9-7-6-8-10-16)18-14(3)11-13(2)12-15(18)4/h5-12H,1-4H3. The Balaban J connectivity index is 2.61. The van der Waals surface area contributed by atoms with Crippen LogP contribution in [0, 0.1) is 20.8 Å². The zero-order valence-corrected chi connectivity index (χ0v) is 11.6. The zero-order chi connectivity index (χ0) is 13.1. The zero-order valence-electron chi connectivity index (χ0n) is 11.6. The molecule has 0 aliphatic carbocycles. The Hall–Kier alpha value is -1.82. The van der Waals surface area contributed by atoms with Crippen LogP contribution in [0.25, 0.3) is 5.57 Å². The average molecular weight is 236 g/mol. The summed E-state index contributed by atoms with van der Waals surface area (Å²) in [6, 6.07) is 15.1. The molecule has 2 aromatic carbocycles. The van der Waals surface area contributed by atoms with Gasteiger partial charge in [0.05, 0.1) is 0 Å². The van der Waals surface area contributed by atoms with E-state index in [4.69, 9.17) is 0 Å². The lowest BCUT2D eigenvalue weighted by Gasteiger charge is -2.15. The molecule has 92 valence electrons. The molecule has 0 saturated heterocycles. The van der Waals surface area contributed by atoms with Crippen molar-refractivity contribution < 1.29 is 0 Å². The molecule has 0 spiro atoms. The normalized spacial score (nSPS) is 11.7. The third kappa shape index (κ3) is 2.38. The molecule has 0 unspecified atom stereocenters. The van der Waals surface area contributed by atoms with Gasteiger partial charge in [-0.2, -0.15) is 0 Å². The number of hydrogen-bond acceptors (Lipinski definition) is 0. The average Bonchev–Trinajstić information content (AvgIpc) is 2.34. The molecule has 0 radical (unpaired) electrons. The summed E-state index contributed by atoms with van der Waals surface area (Å²) in [5, 5.41) is 0. The van der Waals surface area contributed by atoms with Crippen molar-refractivity contribution >= 4 is 5.57 Å². The summed E-state index contributed by atoms with van der Waals surface area (Å²) in [6.45, 7) is 8.66. The van der Waals surface area contributed by atoms with Crippen LogP contribution in [0.3, 0.4) is 0 Å². The van der Waals surface area contributed by atoms with Crippen LogP contribution >= 0.6 is 0 Å². The topological polar surface area (TPSA) is 0 Å². The molecule has 0 heterocycles. The molecule has 0 aromatic heterocycles. The molecule has 0 aliphatic rings. The van der Waals surface area contributed by atoms with Crippen LogP contribution in [0.5, 0.6) is 0 Å². The summed E-state index contributed by atoms with van der Waals surface area (Å²) < 4.78 is 0. The largest absolute Gasteiger partial charge is 0.0792 e. The maximum atomic E-state index is 2.26. The van der Waals surface area contributed by atoms with Crippen molar-refractivity contribution in [2.24, 2.45) is 0 Å². The van der Waals surface area contributed by atoms with E-state index in [0.717, 1.165) is 0 Å². The van der Waals surface area contributed by atoms with Crippen molar-refractivity contribution in [1.82, 2.24) is 0 Å². The first-order chi connectivity index (χ1) is 8.63. The third-order valence-corrected chi connectivity index (χ3v) is 3.32. The van der Waals surface area contributed by atoms with Crippen LogP contribution in [0.1, 0.15) is 34.7 Å². The second-order valence-electron chi connectivity index (χ2n) is 4.84. The number of benzene rings is 2. The van der Waals surface area contributed by atoms with Crippen LogP contribution in [0.2, 0.25) is 0 Å². The van der Waals surface area contributed by atoms with Gasteiger partial charge in [-0.05, 0) is 55.5 Å². The summed E-state index contributed by atoms with van der Waals surface area (Å²) in [5.41, 5.74) is 8.01. The molecule has 2 aromatic rings. The lowest BCUT2D eigenvalue weighted by atomic mass is 9.89. The number of hydrogen-bond donors (Lipinski definition) is 0. The van der Waals surface area contributed by atoms with Gasteiger partial charge in [0.1, 0.15) is 0 Å². The van der Waals surface area contributed by atoms with Crippen LogP contribution < -0.4 is 0 Å². The third-order valence-electron chi connectivity index (χ3n) is 3.32. The van der Waals surface area contributed by atoms with Crippen LogP contribution in [-0.2, 0) is 0 Å². The van der Waals surface area contributed by atoms with Crippen molar-refractivity contribution in [2.75, 3.05) is 0 Å². The highest BCUT2D eigenvalue weighted by Crippen LogP contribution is 2.29. The second kappa shape index (κ2) is 5.22. The van der Waals surface area contributed by atoms with Crippen molar-refractivity contribution in [2.45, 2.75) is 27.7 Å². The smallest absolute Gasteiger partial charge is 0.0123 e. The summed E-state index contributed by atoms with van der Waals surface area (Å²) in [6.07, 6.45) is 2.21. The van der Waals surface area contributed by atoms with Gasteiger partial charge < -0.3 is 0 Å². The fourth-order valence-electron chi connectivity index (χ4n) is 2.68. The Morgan fingerprint density at radius 3 is 1.94 bits per heavy atom. The summed E-state index contributed by atoms with van der Waals surface area (Å²) >= 11 is 0. The van der Waals surface area contributed by atoms with Crippen LogP contribution in [0.4, 0.5) is 0 Å². The van der Waals surface area contributed by atoms with E-state index in [2.05, 4.69) is 76.2 Å². The van der Waals surface area contributed by atoms with E-state index < -0.39 is 0 Å². The van der Waals surface area contributed by atoms with Crippen LogP contribution in [-0.4, -0.2) is 0 Å². The summed E-state index contributed by atoms with van der Waals surface area (Å²) in [4.78, 5) is 0. The molecule has 0 heteroatoms. The molecule has 0 nitrogen and oxygen atoms in total. The van der Waals surface area contributed by atoms with E-state index in [-0.39, 0.29) is 0 Å². The fraction of sp³-hybridized carbons (Fsp3) is 0.222. The minimum atomic E-state index is 1.29. The van der Waals surface area contributed by atoms with E-state index in [0.29, 0.717) is 0 Å². The van der Waals surface area contributed by atoms with Crippen LogP contribution in [0.15, 0.2) is 48.5 Å². The summed E-state index contributed by atoms with van der Waals surface area (Å²) in [7, 11) is 0. The molecular formula is C18H20. The monoisotopic (exact) mass is 236 g/mol. The number of rotatable bonds is 2. The maximum Gasteiger partial charge on any atom is -0.0123 e. The van der Waals surface area contributed by atoms with Crippen molar-refractivity contribution in [3.05, 3.63) is 76.4 Å². The second-order valence-corrected chi connectivity index (χ2v) is 4.84. The first-order valence-electron chi connectivity index (χ1n) is 6.43. The minimum absolute atomic E-state index is 1.29. The van der Waals surface area contributed by atoms with Gasteiger partial charge in [0, 0.05) is 0 Å². The predicted molar refractivity (Wildman–Crippen MR) is 79.8 cm³/mol. The molecular weight excluding hydrogens is 216 g/mol. The fourth-order valence-corrected chi connectivity index (χ4v) is 2.68. The number of allylic oxidation sites excluding steroid dienone is 1. The van der Waals surface area contributed by atoms with Gasteiger partial charge in [0.2, 0.25) is 0 Å². The van der Waals surface area contributed by atoms with Gasteiger partial charge >= 0.3 is 0 Å². The highest BCUT2D eigenvalue weighted by Gasteiger charge is 2.10. The highest BCUT2D eigenvalue weighted by atomic mass is 14.1. The molecule has 18 heavy (non-hydrogen) atoms. The molecule has 0 bridgehead atoms. The Labute approximate surface area is 110 Å². The summed E-state index contributed by atoms with van der Waals surface area (Å²) in [5.74, 6) is 0. The van der Waals surface area contributed by atoms with Gasteiger partial charge in [0.25, 0.3) is 0 Å². The molecule has 0 atom stereocenters. The first kappa shape index (κ1) is 12.6. The molecule has 0 fully saturated rings. The lowest BCUT2D eigenvalue weighted by Crippen LogP contribution is -1.96. The maximum absolute atomic E-state index is 2.26. The predicted octanol–water partition coefficient (Wildman–Crippen LogP) is 5.06. The molecule has 0 amide bonds. The van der Waals surface area contributed by atoms with E-state index >= 15 is 0 Å². The van der Waals surface area contributed by atoms with E-state index in [9.17, 15) is 0 Å². The van der Waals surface area contributed by atoms with E-state index in [1.54, 1.807) is 0 Å². The van der Waals surface area contributed by atoms with Crippen molar-refractivity contribution in [3.63, 3.8) is 0 Å². The lowest BCUT2D eigenvalue weighted by molar-refractivity contribution is 1.28. The number of aryl methyl sites for hydroxylation is 3. The molecule has 0 aliphatic heterocycles. The Morgan fingerprint density at radius 2 is 1.44 bits per heavy atom. The Kier molecular flexibility index (Phi) is 3.66. The first-order valence-corrected chi connectivity index (χ1v) is 6.43. The van der Waals surface area contributed by atoms with Gasteiger partial charge in [-0.25, -0.2) is 0 Å². The van der Waals surface area contributed by atoms with Crippen molar-refractivity contribution in [3.8, 4) is 0 Å². The van der Waals surface area contributed by atoms with Gasteiger partial charge in [0.15, 0.2) is 0 Å². The molecule has 2 rings (SSSR count). The van der Waals surface area contributed by atoms with Crippen molar-refractivity contribution in [1.29, 1.82) is 0 Å². The molecule has 0 N–H and O–H groups in total. The minimum Gasteiger partial charge on any atom is -0.0792 e. The van der Waals surface area contributed by atoms with E-state index in [1.165, 1.54) is 33.4 Å². The highest BCUT2D eigenvalue weighted by molar-refractivity contribution is 5.82. The Morgan fingerprint density at radius 1 is 0.889 bits per heavy atom. The van der Waals surface area contributed by atoms with Gasteiger partial charge in [-0.1, -0.05) is 54.1 Å². The molecule has 0 saturated carbocycles. The Bertz CT molecular complexity index is 551. The van der Waals surface area contributed by atoms with Gasteiger partial charge in [-0.3, -0.25) is 0 Å². The van der Waals surface area contributed by atoms with E-state index in [1.807, 2.05) is 0 Å². The SMILES string of the molecule is CC=C(c1ccccc1)c1c(C)cc(C)cc1C. The van der Waals surface area contributed by atoms with Gasteiger partial charge in [-0.15, -0.1) is 0 Å². The quantitative estimate of drug-likeness (QED) is 0.683.